The predicted molar refractivity (Wildman–Crippen MR) is 89.5 cm³/mol. The molecule has 1 fully saturated rings. The van der Waals surface area contributed by atoms with Crippen LogP contribution in [0.4, 0.5) is 13.2 Å². The van der Waals surface area contributed by atoms with Crippen LogP contribution in [0.3, 0.4) is 0 Å². The Hall–Kier alpha value is -0.550. The summed E-state index contributed by atoms with van der Waals surface area (Å²) in [5.74, 6) is 0.410. The molecule has 2 heterocycles. The molecule has 0 aromatic heterocycles. The summed E-state index contributed by atoms with van der Waals surface area (Å²) >= 11 is 0. The van der Waals surface area contributed by atoms with Crippen LogP contribution in [0, 0.1) is 0 Å². The van der Waals surface area contributed by atoms with Gasteiger partial charge in [0, 0.05) is 39.3 Å². The fourth-order valence-electron chi connectivity index (χ4n) is 2.66. The third-order valence-electron chi connectivity index (χ3n) is 3.87. The van der Waals surface area contributed by atoms with Crippen molar-refractivity contribution < 1.29 is 18.3 Å². The molecule has 0 radical (unpaired) electrons. The summed E-state index contributed by atoms with van der Waals surface area (Å²) in [7, 11) is 1.53. The molecule has 2 rings (SSSR count). The lowest BCUT2D eigenvalue weighted by Crippen LogP contribution is -2.47. The summed E-state index contributed by atoms with van der Waals surface area (Å²) in [5, 5.41) is 11.6. The Kier molecular flexibility index (Phi) is 7.39. The lowest BCUT2D eigenvalue weighted by atomic mass is 10.2. The van der Waals surface area contributed by atoms with E-state index in [0.717, 1.165) is 32.6 Å². The zero-order valence-corrected chi connectivity index (χ0v) is 14.7. The van der Waals surface area contributed by atoms with E-state index < -0.39 is 18.8 Å². The first-order valence-corrected chi connectivity index (χ1v) is 7.01. The average molecular weight is 434 g/mol. The molecule has 2 aliphatic rings. The number of nitrogens with one attached hydrogen (secondary N) is 1. The minimum Gasteiger partial charge on any atom is -0.382 e. The van der Waals surface area contributed by atoms with E-state index in [2.05, 4.69) is 27.4 Å². The molecule has 0 aromatic rings. The van der Waals surface area contributed by atoms with Gasteiger partial charge in [0.15, 0.2) is 12.1 Å². The summed E-state index contributed by atoms with van der Waals surface area (Å²) in [6, 6.07) is 0.395. The van der Waals surface area contributed by atoms with E-state index >= 15 is 0 Å². The first-order valence-electron chi connectivity index (χ1n) is 7.01. The van der Waals surface area contributed by atoms with E-state index in [-0.39, 0.29) is 24.0 Å². The van der Waals surface area contributed by atoms with Crippen LogP contribution in [0.2, 0.25) is 0 Å². The molecule has 22 heavy (non-hydrogen) atoms. The molecular formula is C13H22F3IN4O. The minimum absolute atomic E-state index is 0. The molecule has 9 heteroatoms. The molecule has 0 bridgehead atoms. The molecule has 0 spiro atoms. The minimum atomic E-state index is -4.61. The van der Waals surface area contributed by atoms with Gasteiger partial charge in [-0.1, -0.05) is 12.2 Å². The summed E-state index contributed by atoms with van der Waals surface area (Å²) in [6.07, 6.45) is -1.79. The van der Waals surface area contributed by atoms with Crippen molar-refractivity contribution in [1.29, 1.82) is 0 Å². The van der Waals surface area contributed by atoms with Gasteiger partial charge in [-0.05, 0) is 6.42 Å². The molecule has 1 saturated heterocycles. The van der Waals surface area contributed by atoms with Crippen LogP contribution in [0.5, 0.6) is 0 Å². The highest BCUT2D eigenvalue weighted by molar-refractivity contribution is 14.0. The Balaban J connectivity index is 0.00000242. The second-order valence-electron chi connectivity index (χ2n) is 5.30. The number of aliphatic hydroxyl groups excluding tert-OH is 1. The van der Waals surface area contributed by atoms with Crippen molar-refractivity contribution in [2.45, 2.75) is 24.7 Å². The molecule has 0 aliphatic carbocycles. The molecule has 5 nitrogen and oxygen atoms in total. The Bertz CT molecular complexity index is 409. The maximum atomic E-state index is 12.3. The van der Waals surface area contributed by atoms with Crippen molar-refractivity contribution in [2.24, 2.45) is 4.99 Å². The molecule has 2 aliphatic heterocycles. The highest BCUT2D eigenvalue weighted by Gasteiger charge is 2.38. The van der Waals surface area contributed by atoms with Gasteiger partial charge < -0.3 is 15.3 Å². The van der Waals surface area contributed by atoms with Crippen molar-refractivity contribution in [3.05, 3.63) is 12.2 Å². The van der Waals surface area contributed by atoms with E-state index in [9.17, 15) is 13.2 Å². The lowest BCUT2D eigenvalue weighted by molar-refractivity contribution is -0.201. The van der Waals surface area contributed by atoms with Crippen LogP contribution in [-0.4, -0.2) is 79.0 Å². The van der Waals surface area contributed by atoms with E-state index in [1.165, 1.54) is 7.05 Å². The van der Waals surface area contributed by atoms with Crippen LogP contribution in [0.25, 0.3) is 0 Å². The van der Waals surface area contributed by atoms with E-state index in [0.29, 0.717) is 12.0 Å². The largest absolute Gasteiger partial charge is 0.416 e. The van der Waals surface area contributed by atoms with Crippen molar-refractivity contribution in [2.75, 3.05) is 39.8 Å². The predicted octanol–water partition coefficient (Wildman–Crippen LogP) is 1.05. The number of hydrogen-bond donors (Lipinski definition) is 2. The SMILES string of the molecule is CN=C(NCC(O)C(F)(F)F)N1CCC(N2CC=CC2)C1.I. The quantitative estimate of drug-likeness (QED) is 0.302. The zero-order valence-electron chi connectivity index (χ0n) is 12.4. The number of halogens is 4. The maximum absolute atomic E-state index is 12.3. The summed E-state index contributed by atoms with van der Waals surface area (Å²) in [4.78, 5) is 8.27. The monoisotopic (exact) mass is 434 g/mol. The summed E-state index contributed by atoms with van der Waals surface area (Å²) in [6.45, 7) is 2.77. The smallest absolute Gasteiger partial charge is 0.382 e. The number of rotatable bonds is 3. The standard InChI is InChI=1S/C13H21F3N4O.HI/c1-17-12(18-8-11(21)13(14,15)16)20-7-4-10(9-20)19-5-2-3-6-19;/h2-3,10-11,21H,4-9H2,1H3,(H,17,18);1H. The molecule has 2 N–H and O–H groups in total. The third-order valence-corrected chi connectivity index (χ3v) is 3.87. The van der Waals surface area contributed by atoms with Crippen molar-refractivity contribution in [1.82, 2.24) is 15.1 Å². The highest BCUT2D eigenvalue weighted by Crippen LogP contribution is 2.20. The van der Waals surface area contributed by atoms with Gasteiger partial charge >= 0.3 is 6.18 Å². The second-order valence-corrected chi connectivity index (χ2v) is 5.30. The van der Waals surface area contributed by atoms with Crippen LogP contribution >= 0.6 is 24.0 Å². The molecule has 0 aromatic carbocycles. The molecule has 0 amide bonds. The topological polar surface area (TPSA) is 51.1 Å². The fraction of sp³-hybridized carbons (Fsp3) is 0.769. The van der Waals surface area contributed by atoms with Gasteiger partial charge in [-0.25, -0.2) is 0 Å². The van der Waals surface area contributed by atoms with Gasteiger partial charge in [-0.3, -0.25) is 9.89 Å². The maximum Gasteiger partial charge on any atom is 0.416 e. The van der Waals surface area contributed by atoms with Crippen molar-refractivity contribution >= 4 is 29.9 Å². The number of hydrogen-bond acceptors (Lipinski definition) is 3. The van der Waals surface area contributed by atoms with E-state index in [1.807, 2.05) is 4.90 Å². The zero-order chi connectivity index (χ0) is 15.5. The second kappa shape index (κ2) is 8.34. The molecular weight excluding hydrogens is 412 g/mol. The van der Waals surface area contributed by atoms with Gasteiger partial charge in [-0.2, -0.15) is 13.2 Å². The molecule has 2 unspecified atom stereocenters. The summed E-state index contributed by atoms with van der Waals surface area (Å²) in [5.41, 5.74) is 0. The normalized spacial score (nSPS) is 24.5. The van der Waals surface area contributed by atoms with Crippen molar-refractivity contribution in [3.8, 4) is 0 Å². The number of alkyl halides is 3. The number of guanidine groups is 1. The highest BCUT2D eigenvalue weighted by atomic mass is 127. The first-order chi connectivity index (χ1) is 9.91. The first kappa shape index (κ1) is 19.5. The van der Waals surface area contributed by atoms with Crippen LogP contribution in [0.15, 0.2) is 17.1 Å². The number of likely N-dealkylation sites (tertiary alicyclic amines) is 1. The van der Waals surface area contributed by atoms with Crippen LogP contribution in [-0.2, 0) is 0 Å². The van der Waals surface area contributed by atoms with Crippen molar-refractivity contribution in [3.63, 3.8) is 0 Å². The van der Waals surface area contributed by atoms with Gasteiger partial charge in [0.05, 0.1) is 6.54 Å². The Morgan fingerprint density at radius 1 is 1.41 bits per heavy atom. The van der Waals surface area contributed by atoms with E-state index in [4.69, 9.17) is 5.11 Å². The molecule has 128 valence electrons. The Labute approximate surface area is 145 Å². The third kappa shape index (κ3) is 4.98. The van der Waals surface area contributed by atoms with Gasteiger partial charge in [0.1, 0.15) is 0 Å². The Morgan fingerprint density at radius 2 is 2.05 bits per heavy atom. The number of nitrogens with zero attached hydrogens (tertiary/aromatic N) is 3. The average Bonchev–Trinajstić information content (AvgIpc) is 3.08. The van der Waals surface area contributed by atoms with Gasteiger partial charge in [0.2, 0.25) is 0 Å². The number of aliphatic imine (C=N–C) groups is 1. The Morgan fingerprint density at radius 3 is 2.59 bits per heavy atom. The van der Waals surface area contributed by atoms with E-state index in [1.54, 1.807) is 0 Å². The molecule has 2 atom stereocenters. The van der Waals surface area contributed by atoms with Gasteiger partial charge in [0.25, 0.3) is 0 Å². The number of aliphatic hydroxyl groups is 1. The van der Waals surface area contributed by atoms with Crippen LogP contribution < -0.4 is 5.32 Å². The van der Waals surface area contributed by atoms with Gasteiger partial charge in [-0.15, -0.1) is 24.0 Å². The fourth-order valence-corrected chi connectivity index (χ4v) is 2.66. The summed E-state index contributed by atoms with van der Waals surface area (Å²) < 4.78 is 36.9. The van der Waals surface area contributed by atoms with Crippen LogP contribution in [0.1, 0.15) is 6.42 Å². The molecule has 0 saturated carbocycles. The lowest BCUT2D eigenvalue weighted by Gasteiger charge is -2.26.